The van der Waals surface area contributed by atoms with Gasteiger partial charge in [-0.1, -0.05) is 60.3 Å². The van der Waals surface area contributed by atoms with Gasteiger partial charge in [0.1, 0.15) is 4.83 Å². The van der Waals surface area contributed by atoms with Crippen molar-refractivity contribution in [2.24, 2.45) is 0 Å². The fraction of sp³-hybridized carbons (Fsp3) is 0.208. The zero-order valence-electron chi connectivity index (χ0n) is 17.7. The molecular formula is C24H23N3O2S2. The molecule has 4 rings (SSSR count). The van der Waals surface area contributed by atoms with Gasteiger partial charge in [-0.05, 0) is 37.1 Å². The number of hydrogen-bond acceptors (Lipinski definition) is 5. The van der Waals surface area contributed by atoms with Crippen LogP contribution in [0.25, 0.3) is 10.2 Å². The highest BCUT2D eigenvalue weighted by Gasteiger charge is 2.19. The van der Waals surface area contributed by atoms with Crippen LogP contribution in [0.5, 0.6) is 0 Å². The van der Waals surface area contributed by atoms with Crippen LogP contribution in [-0.2, 0) is 11.3 Å². The second kappa shape index (κ2) is 9.08. The Morgan fingerprint density at radius 1 is 1.06 bits per heavy atom. The first-order chi connectivity index (χ1) is 15.0. The third kappa shape index (κ3) is 4.43. The maximum Gasteiger partial charge on any atom is 0.263 e. The Kier molecular flexibility index (Phi) is 6.25. The first-order valence-electron chi connectivity index (χ1n) is 9.94. The molecule has 0 unspecified atom stereocenters. The summed E-state index contributed by atoms with van der Waals surface area (Å²) in [5.41, 5.74) is 2.78. The largest absolute Gasteiger partial charge is 0.315 e. The highest BCUT2D eigenvalue weighted by molar-refractivity contribution is 7.99. The van der Waals surface area contributed by atoms with E-state index in [9.17, 15) is 9.59 Å². The highest BCUT2D eigenvalue weighted by Crippen LogP contribution is 2.29. The average Bonchev–Trinajstić information content (AvgIpc) is 3.08. The molecule has 0 radical (unpaired) electrons. The third-order valence-electron chi connectivity index (χ3n) is 5.28. The van der Waals surface area contributed by atoms with Crippen LogP contribution in [0.15, 0.2) is 70.6 Å². The SMILES string of the molecule is Cc1sc2nc(SCC(=O)N(C)c3ccccc3)n(Cc3ccccc3)c(=O)c2c1C. The first-order valence-corrected chi connectivity index (χ1v) is 11.7. The molecule has 158 valence electrons. The minimum absolute atomic E-state index is 0.0460. The number of carbonyl (C=O) groups excluding carboxylic acids is 1. The van der Waals surface area contributed by atoms with Crippen LogP contribution >= 0.6 is 23.1 Å². The zero-order valence-corrected chi connectivity index (χ0v) is 19.3. The Morgan fingerprint density at radius 2 is 1.71 bits per heavy atom. The molecule has 31 heavy (non-hydrogen) atoms. The van der Waals surface area contributed by atoms with E-state index in [1.807, 2.05) is 74.5 Å². The summed E-state index contributed by atoms with van der Waals surface area (Å²) in [5, 5.41) is 1.24. The van der Waals surface area contributed by atoms with Crippen molar-refractivity contribution >= 4 is 44.9 Å². The number of carbonyl (C=O) groups is 1. The highest BCUT2D eigenvalue weighted by atomic mass is 32.2. The van der Waals surface area contributed by atoms with Gasteiger partial charge in [-0.2, -0.15) is 0 Å². The molecule has 2 aromatic heterocycles. The summed E-state index contributed by atoms with van der Waals surface area (Å²) >= 11 is 2.84. The smallest absolute Gasteiger partial charge is 0.263 e. The lowest BCUT2D eigenvalue weighted by Gasteiger charge is -2.17. The van der Waals surface area contributed by atoms with Crippen molar-refractivity contribution in [3.8, 4) is 0 Å². The van der Waals surface area contributed by atoms with E-state index >= 15 is 0 Å². The van der Waals surface area contributed by atoms with Gasteiger partial charge in [0, 0.05) is 17.6 Å². The van der Waals surface area contributed by atoms with E-state index in [0.717, 1.165) is 26.5 Å². The molecule has 0 fully saturated rings. The molecule has 0 spiro atoms. The summed E-state index contributed by atoms with van der Waals surface area (Å²) in [4.78, 5) is 34.4. The lowest BCUT2D eigenvalue weighted by atomic mass is 10.2. The van der Waals surface area contributed by atoms with Gasteiger partial charge in [-0.25, -0.2) is 4.98 Å². The van der Waals surface area contributed by atoms with Crippen molar-refractivity contribution in [3.05, 3.63) is 87.0 Å². The van der Waals surface area contributed by atoms with Gasteiger partial charge in [0.2, 0.25) is 5.91 Å². The Morgan fingerprint density at radius 3 is 2.39 bits per heavy atom. The van der Waals surface area contributed by atoms with Gasteiger partial charge in [-0.3, -0.25) is 14.2 Å². The van der Waals surface area contributed by atoms with E-state index in [1.54, 1.807) is 16.5 Å². The fourth-order valence-corrected chi connectivity index (χ4v) is 5.33. The van der Waals surface area contributed by atoms with Gasteiger partial charge in [0.25, 0.3) is 5.56 Å². The molecule has 0 aliphatic heterocycles. The molecule has 2 aromatic carbocycles. The van der Waals surface area contributed by atoms with Crippen molar-refractivity contribution in [1.82, 2.24) is 9.55 Å². The number of fused-ring (bicyclic) bond motifs is 1. The van der Waals surface area contributed by atoms with E-state index in [4.69, 9.17) is 4.98 Å². The van der Waals surface area contributed by atoms with Gasteiger partial charge in [-0.15, -0.1) is 11.3 Å². The van der Waals surface area contributed by atoms with Crippen LogP contribution in [0.3, 0.4) is 0 Å². The number of benzene rings is 2. The van der Waals surface area contributed by atoms with Crippen molar-refractivity contribution in [1.29, 1.82) is 0 Å². The number of hydrogen-bond donors (Lipinski definition) is 0. The Bertz CT molecular complexity index is 1280. The topological polar surface area (TPSA) is 55.2 Å². The Balaban J connectivity index is 1.68. The van der Waals surface area contributed by atoms with E-state index in [1.165, 1.54) is 23.1 Å². The van der Waals surface area contributed by atoms with Crippen LogP contribution in [0, 0.1) is 13.8 Å². The molecule has 0 atom stereocenters. The summed E-state index contributed by atoms with van der Waals surface area (Å²) in [6, 6.07) is 19.4. The molecular weight excluding hydrogens is 426 g/mol. The predicted octanol–water partition coefficient (Wildman–Crippen LogP) is 4.88. The van der Waals surface area contributed by atoms with E-state index < -0.39 is 0 Å². The standard InChI is InChI=1S/C24H23N3O2S2/c1-16-17(2)31-22-21(16)23(29)27(14-18-10-6-4-7-11-18)24(25-22)30-15-20(28)26(3)19-12-8-5-9-13-19/h4-13H,14-15H2,1-3H3. The number of amides is 1. The monoisotopic (exact) mass is 449 g/mol. The van der Waals surface area contributed by atoms with Crippen LogP contribution in [0.4, 0.5) is 5.69 Å². The van der Waals surface area contributed by atoms with Crippen LogP contribution < -0.4 is 10.5 Å². The molecule has 1 amide bonds. The summed E-state index contributed by atoms with van der Waals surface area (Å²) in [6.07, 6.45) is 0. The number of anilines is 1. The molecule has 0 saturated carbocycles. The molecule has 0 aliphatic carbocycles. The van der Waals surface area contributed by atoms with E-state index in [2.05, 4.69) is 0 Å². The van der Waals surface area contributed by atoms with Crippen LogP contribution in [-0.4, -0.2) is 28.3 Å². The van der Waals surface area contributed by atoms with Gasteiger partial charge in [0.15, 0.2) is 5.16 Å². The molecule has 5 nitrogen and oxygen atoms in total. The zero-order chi connectivity index (χ0) is 22.0. The lowest BCUT2D eigenvalue weighted by molar-refractivity contribution is -0.115. The second-order valence-corrected chi connectivity index (χ2v) is 9.46. The first kappa shape index (κ1) is 21.3. The number of thiophene rings is 1. The number of rotatable bonds is 6. The van der Waals surface area contributed by atoms with Gasteiger partial charge in [0.05, 0.1) is 17.7 Å². The van der Waals surface area contributed by atoms with Crippen molar-refractivity contribution in [2.75, 3.05) is 17.7 Å². The minimum atomic E-state index is -0.0536. The molecule has 0 N–H and O–H groups in total. The predicted molar refractivity (Wildman–Crippen MR) is 129 cm³/mol. The van der Waals surface area contributed by atoms with Crippen molar-refractivity contribution in [2.45, 2.75) is 25.5 Å². The Labute approximate surface area is 189 Å². The maximum absolute atomic E-state index is 13.4. The fourth-order valence-electron chi connectivity index (χ4n) is 3.34. The molecule has 2 heterocycles. The number of nitrogens with zero attached hydrogens (tertiary/aromatic N) is 3. The lowest BCUT2D eigenvalue weighted by Crippen LogP contribution is -2.29. The Hall–Kier alpha value is -2.90. The molecule has 4 aromatic rings. The van der Waals surface area contributed by atoms with Crippen molar-refractivity contribution < 1.29 is 4.79 Å². The van der Waals surface area contributed by atoms with Gasteiger partial charge < -0.3 is 4.90 Å². The van der Waals surface area contributed by atoms with E-state index in [0.29, 0.717) is 17.1 Å². The maximum atomic E-state index is 13.4. The van der Waals surface area contributed by atoms with Crippen molar-refractivity contribution in [3.63, 3.8) is 0 Å². The van der Waals surface area contributed by atoms with E-state index in [-0.39, 0.29) is 17.2 Å². The summed E-state index contributed by atoms with van der Waals surface area (Å²) in [5.74, 6) is 0.150. The average molecular weight is 450 g/mol. The summed E-state index contributed by atoms with van der Waals surface area (Å²) < 4.78 is 1.69. The molecule has 0 bridgehead atoms. The molecule has 7 heteroatoms. The summed E-state index contributed by atoms with van der Waals surface area (Å²) in [7, 11) is 1.76. The number of para-hydroxylation sites is 1. The third-order valence-corrected chi connectivity index (χ3v) is 7.34. The number of thioether (sulfide) groups is 1. The second-order valence-electron chi connectivity index (χ2n) is 7.31. The van der Waals surface area contributed by atoms with Gasteiger partial charge >= 0.3 is 0 Å². The quantitative estimate of drug-likeness (QED) is 0.311. The van der Waals surface area contributed by atoms with Crippen LogP contribution in [0.1, 0.15) is 16.0 Å². The number of aromatic nitrogens is 2. The van der Waals surface area contributed by atoms with Crippen LogP contribution in [0.2, 0.25) is 0 Å². The minimum Gasteiger partial charge on any atom is -0.315 e. The number of aryl methyl sites for hydroxylation is 2. The molecule has 0 saturated heterocycles. The summed E-state index contributed by atoms with van der Waals surface area (Å²) in [6.45, 7) is 4.39. The normalized spacial score (nSPS) is 11.1. The molecule has 0 aliphatic rings.